The molecule has 3 heterocycles. The smallest absolute Gasteiger partial charge is 0.408 e. The van der Waals surface area contributed by atoms with E-state index >= 15 is 0 Å². The number of carbonyl (C=O) groups is 4. The van der Waals surface area contributed by atoms with Gasteiger partial charge in [-0.25, -0.2) is 32.0 Å². The number of rotatable bonds is 8. The number of amides is 4. The maximum Gasteiger partial charge on any atom is 0.408 e. The highest BCUT2D eigenvalue weighted by Gasteiger charge is 2.65. The Balaban J connectivity index is 1.15. The minimum Gasteiger partial charge on any atom is -0.497 e. The molecule has 4 aliphatic carbocycles. The number of methoxy groups -OCH3 is 1. The molecule has 6 aliphatic rings. The third kappa shape index (κ3) is 8.45. The predicted octanol–water partition coefficient (Wildman–Crippen LogP) is 5.04. The quantitative estimate of drug-likeness (QED) is 0.322. The molecule has 2 bridgehead atoms. The van der Waals surface area contributed by atoms with E-state index < -0.39 is 92.4 Å². The highest BCUT2D eigenvalue weighted by atomic mass is 32.2. The van der Waals surface area contributed by atoms with Crippen LogP contribution in [-0.4, -0.2) is 102 Å². The van der Waals surface area contributed by atoms with Crippen LogP contribution in [0.1, 0.15) is 105 Å². The Kier molecular flexibility index (Phi) is 11.2. The van der Waals surface area contributed by atoms with Gasteiger partial charge >= 0.3 is 6.09 Å². The number of nitrogens with zero attached hydrogens (tertiary/aromatic N) is 3. The summed E-state index contributed by atoms with van der Waals surface area (Å²) in [4.78, 5) is 68.4. The molecular weight excluding hydrogens is 815 g/mol. The van der Waals surface area contributed by atoms with E-state index in [2.05, 4.69) is 15.4 Å². The standard InChI is InChI=1S/C43H58F2N6O9S/c1-22-32-21-51(34(22)36(52)49-43(20-24(43)18-33(44)45)39(54)50-61(56,57)42(5)14-15-42)38(53)35(41(2,3)4)48-40(55)60-31-17-23-16-27(23)26(31)10-8-7-9-11-29-37(59-32)47-30-19-25(58-6)12-13-28(30)46-29/h12-13,19,22-24,26-27,31-35H,7-11,14-18,20-21H2,1-6H3,(H,48,55)(H,49,52)(H,50,54)/t22-,23+,24-,26-,27+,31-,32+,34+,35-,43+/m1/s1. The van der Waals surface area contributed by atoms with Crippen molar-refractivity contribution in [2.75, 3.05) is 13.7 Å². The Morgan fingerprint density at radius 2 is 1.80 bits per heavy atom. The average Bonchev–Trinajstić information content (AvgIpc) is 4.14. The molecule has 3 N–H and O–H groups in total. The summed E-state index contributed by atoms with van der Waals surface area (Å²) < 4.78 is 73.1. The van der Waals surface area contributed by atoms with Gasteiger partial charge in [-0.2, -0.15) is 0 Å². The molecule has 1 saturated heterocycles. The van der Waals surface area contributed by atoms with Crippen molar-refractivity contribution in [3.63, 3.8) is 0 Å². The molecule has 2 aromatic rings. The molecular formula is C43H58F2N6O9S. The van der Waals surface area contributed by atoms with E-state index in [1.54, 1.807) is 46.9 Å². The maximum absolute atomic E-state index is 15.0. The van der Waals surface area contributed by atoms with Gasteiger partial charge in [0.15, 0.2) is 0 Å². The maximum atomic E-state index is 15.0. The first kappa shape index (κ1) is 43.3. The van der Waals surface area contributed by atoms with Gasteiger partial charge in [-0.3, -0.25) is 19.1 Å². The minimum atomic E-state index is -4.19. The topological polar surface area (TPSA) is 195 Å². The van der Waals surface area contributed by atoms with Gasteiger partial charge in [0.05, 0.1) is 29.4 Å². The van der Waals surface area contributed by atoms with Gasteiger partial charge in [0.25, 0.3) is 5.91 Å². The second-order valence-corrected chi connectivity index (χ2v) is 21.9. The van der Waals surface area contributed by atoms with E-state index in [9.17, 15) is 36.4 Å². The largest absolute Gasteiger partial charge is 0.497 e. The van der Waals surface area contributed by atoms with E-state index in [-0.39, 0.29) is 30.9 Å². The van der Waals surface area contributed by atoms with E-state index in [1.165, 1.54) is 11.8 Å². The SMILES string of the molecule is COc1ccc2nc3c(nc2c1)O[C@H]1CN(C(=O)[C@H](C(C)(C)C)NC(=O)O[C@@H]2C[C@@H]4C[C@@H]4[C@H]2CCCCC3)[C@H](C(=O)N[C@@]2(C(=O)NS(=O)(=O)C3(C)CC3)C[C@H]2CC(F)F)[C@@H]1C. The lowest BCUT2D eigenvalue weighted by molar-refractivity contribution is -0.143. The number of carbonyl (C=O) groups excluding carboxylic acids is 4. The summed E-state index contributed by atoms with van der Waals surface area (Å²) in [6, 6.07) is 2.82. The summed E-state index contributed by atoms with van der Waals surface area (Å²) in [6.07, 6.45) is 0.878. The number of ether oxygens (including phenoxy) is 3. The Morgan fingerprint density at radius 1 is 1.05 bits per heavy atom. The number of aromatic nitrogens is 2. The molecule has 4 saturated carbocycles. The summed E-state index contributed by atoms with van der Waals surface area (Å²) in [6.45, 7) is 8.38. The summed E-state index contributed by atoms with van der Waals surface area (Å²) in [7, 11) is -2.64. The average molecular weight is 873 g/mol. The van der Waals surface area contributed by atoms with Crippen LogP contribution in [0.15, 0.2) is 18.2 Å². The molecule has 334 valence electrons. The van der Waals surface area contributed by atoms with Crippen molar-refractivity contribution in [3.05, 3.63) is 23.9 Å². The Hall–Kier alpha value is -4.35. The van der Waals surface area contributed by atoms with Crippen LogP contribution >= 0.6 is 0 Å². The number of alkyl carbamates (subject to hydrolysis) is 1. The zero-order chi connectivity index (χ0) is 43.8. The normalized spacial score (nSPS) is 33.5. The van der Waals surface area contributed by atoms with Crippen molar-refractivity contribution in [1.29, 1.82) is 0 Å². The van der Waals surface area contributed by atoms with Crippen molar-refractivity contribution in [1.82, 2.24) is 30.2 Å². The Labute approximate surface area is 355 Å². The number of aryl methyl sites for hydroxylation is 1. The number of alkyl halides is 2. The molecule has 0 unspecified atom stereocenters. The first-order valence-corrected chi connectivity index (χ1v) is 23.2. The van der Waals surface area contributed by atoms with Gasteiger partial charge in [-0.05, 0) is 99.5 Å². The Morgan fingerprint density at radius 3 is 2.49 bits per heavy atom. The highest BCUT2D eigenvalue weighted by Crippen LogP contribution is 2.58. The highest BCUT2D eigenvalue weighted by molar-refractivity contribution is 7.91. The summed E-state index contributed by atoms with van der Waals surface area (Å²) in [5.41, 5.74) is -1.10. The molecule has 10 atom stereocenters. The summed E-state index contributed by atoms with van der Waals surface area (Å²) >= 11 is 0. The first-order chi connectivity index (χ1) is 28.7. The third-order valence-corrected chi connectivity index (χ3v) is 16.5. The second kappa shape index (κ2) is 15.8. The van der Waals surface area contributed by atoms with E-state index in [4.69, 9.17) is 24.2 Å². The molecule has 8 rings (SSSR count). The lowest BCUT2D eigenvalue weighted by Gasteiger charge is -2.36. The van der Waals surface area contributed by atoms with Crippen molar-refractivity contribution in [2.45, 2.75) is 146 Å². The molecule has 15 nitrogen and oxygen atoms in total. The molecule has 4 amide bonds. The summed E-state index contributed by atoms with van der Waals surface area (Å²) in [5, 5.41) is 5.51. The number of nitrogens with one attached hydrogen (secondary N) is 3. The van der Waals surface area contributed by atoms with Crippen LogP contribution in [0, 0.1) is 35.0 Å². The van der Waals surface area contributed by atoms with Crippen LogP contribution in [-0.2, 0) is 35.6 Å². The summed E-state index contributed by atoms with van der Waals surface area (Å²) in [5.74, 6) is -2.40. The molecule has 5 fully saturated rings. The lowest BCUT2D eigenvalue weighted by atomic mass is 9.85. The van der Waals surface area contributed by atoms with Gasteiger partial charge in [-0.15, -0.1) is 0 Å². The van der Waals surface area contributed by atoms with Gasteiger partial charge < -0.3 is 29.7 Å². The molecule has 0 radical (unpaired) electrons. The van der Waals surface area contributed by atoms with Crippen LogP contribution in [0.4, 0.5) is 13.6 Å². The van der Waals surface area contributed by atoms with Gasteiger partial charge in [0.1, 0.15) is 41.3 Å². The van der Waals surface area contributed by atoms with Gasteiger partial charge in [-0.1, -0.05) is 40.5 Å². The minimum absolute atomic E-state index is 0.154. The van der Waals surface area contributed by atoms with Crippen LogP contribution in [0.3, 0.4) is 0 Å². The second-order valence-electron chi connectivity index (χ2n) is 19.7. The number of fused-ring (bicyclic) bond motifs is 7. The zero-order valence-electron chi connectivity index (χ0n) is 35.7. The molecule has 61 heavy (non-hydrogen) atoms. The number of hydrogen-bond acceptors (Lipinski definition) is 11. The van der Waals surface area contributed by atoms with Crippen LogP contribution < -0.4 is 24.8 Å². The van der Waals surface area contributed by atoms with Crippen LogP contribution in [0.25, 0.3) is 11.0 Å². The van der Waals surface area contributed by atoms with Crippen molar-refractivity contribution in [3.8, 4) is 11.6 Å². The number of hydrogen-bond donors (Lipinski definition) is 3. The van der Waals surface area contributed by atoms with Crippen LogP contribution in [0.5, 0.6) is 11.6 Å². The molecule has 2 aliphatic heterocycles. The molecule has 18 heteroatoms. The van der Waals surface area contributed by atoms with Gasteiger partial charge in [0, 0.05) is 18.4 Å². The number of halogens is 2. The fraction of sp³-hybridized carbons (Fsp3) is 0.721. The fourth-order valence-corrected chi connectivity index (χ4v) is 11.3. The van der Waals surface area contributed by atoms with E-state index in [0.717, 1.165) is 38.5 Å². The zero-order valence-corrected chi connectivity index (χ0v) is 36.5. The number of benzene rings is 1. The Bertz CT molecular complexity index is 2200. The van der Waals surface area contributed by atoms with E-state index in [1.807, 2.05) is 6.07 Å². The monoisotopic (exact) mass is 872 g/mol. The fourth-order valence-electron chi connectivity index (χ4n) is 9.99. The molecule has 1 aromatic heterocycles. The first-order valence-electron chi connectivity index (χ1n) is 21.7. The van der Waals surface area contributed by atoms with Crippen molar-refractivity contribution >= 4 is 44.9 Å². The molecule has 1 aromatic carbocycles. The number of sulfonamides is 1. The van der Waals surface area contributed by atoms with Crippen LogP contribution in [0.2, 0.25) is 0 Å². The van der Waals surface area contributed by atoms with E-state index in [0.29, 0.717) is 53.6 Å². The predicted molar refractivity (Wildman–Crippen MR) is 218 cm³/mol. The molecule has 0 spiro atoms. The van der Waals surface area contributed by atoms with Crippen molar-refractivity contribution < 1.29 is 50.6 Å². The lowest BCUT2D eigenvalue weighted by Crippen LogP contribution is -2.61. The van der Waals surface area contributed by atoms with Crippen molar-refractivity contribution in [2.24, 2.45) is 35.0 Å². The third-order valence-electron chi connectivity index (χ3n) is 14.3. The van der Waals surface area contributed by atoms with Gasteiger partial charge in [0.2, 0.25) is 34.1 Å².